The molecule has 4 nitrogen and oxygen atoms in total. The Hall–Kier alpha value is -0.940. The molecule has 0 radical (unpaired) electrons. The average molecular weight is 274 g/mol. The van der Waals surface area contributed by atoms with Gasteiger partial charge in [-0.3, -0.25) is 0 Å². The van der Waals surface area contributed by atoms with Crippen molar-refractivity contribution in [1.82, 2.24) is 20.2 Å². The number of aromatic nitrogens is 4. The first-order valence-corrected chi connectivity index (χ1v) is 5.03. The highest BCUT2D eigenvalue weighted by molar-refractivity contribution is 9.10. The van der Waals surface area contributed by atoms with Crippen molar-refractivity contribution < 1.29 is 0 Å². The molecule has 0 spiro atoms. The molecule has 0 aliphatic rings. The van der Waals surface area contributed by atoms with Crippen LogP contribution in [0, 0.1) is 0 Å². The van der Waals surface area contributed by atoms with Crippen molar-refractivity contribution in [2.75, 3.05) is 0 Å². The third-order valence-corrected chi connectivity index (χ3v) is 3.01. The molecule has 0 fully saturated rings. The molecule has 0 aliphatic carbocycles. The SMILES string of the molecule is Cn1nnnc1-c1ccc(Cl)c(Br)c1. The van der Waals surface area contributed by atoms with Crippen LogP contribution in [0.4, 0.5) is 0 Å². The van der Waals surface area contributed by atoms with Crippen LogP contribution >= 0.6 is 27.5 Å². The first kappa shape index (κ1) is 9.61. The Morgan fingerprint density at radius 2 is 2.21 bits per heavy atom. The highest BCUT2D eigenvalue weighted by Crippen LogP contribution is 2.27. The van der Waals surface area contributed by atoms with Crippen LogP contribution in [0.3, 0.4) is 0 Å². The number of nitrogens with zero attached hydrogens (tertiary/aromatic N) is 4. The summed E-state index contributed by atoms with van der Waals surface area (Å²) < 4.78 is 2.44. The summed E-state index contributed by atoms with van der Waals surface area (Å²) in [5.74, 6) is 0.711. The van der Waals surface area contributed by atoms with E-state index in [4.69, 9.17) is 11.6 Å². The monoisotopic (exact) mass is 272 g/mol. The van der Waals surface area contributed by atoms with E-state index in [9.17, 15) is 0 Å². The lowest BCUT2D eigenvalue weighted by Gasteiger charge is -2.00. The van der Waals surface area contributed by atoms with Gasteiger partial charge in [-0.15, -0.1) is 5.10 Å². The largest absolute Gasteiger partial charge is 0.229 e. The van der Waals surface area contributed by atoms with E-state index < -0.39 is 0 Å². The first-order valence-electron chi connectivity index (χ1n) is 3.86. The van der Waals surface area contributed by atoms with Gasteiger partial charge in [0.15, 0.2) is 5.82 Å². The van der Waals surface area contributed by atoms with Gasteiger partial charge < -0.3 is 0 Å². The van der Waals surface area contributed by atoms with E-state index in [1.807, 2.05) is 12.1 Å². The number of rotatable bonds is 1. The van der Waals surface area contributed by atoms with Gasteiger partial charge in [0.1, 0.15) is 0 Å². The fourth-order valence-electron chi connectivity index (χ4n) is 1.11. The molecule has 1 aromatic heterocycles. The molecule has 0 bridgehead atoms. The third kappa shape index (κ3) is 1.65. The van der Waals surface area contributed by atoms with Crippen molar-refractivity contribution >= 4 is 27.5 Å². The number of benzene rings is 1. The molecule has 2 rings (SSSR count). The molecule has 0 aliphatic heterocycles. The Bertz CT molecular complexity index is 468. The maximum Gasteiger partial charge on any atom is 0.181 e. The normalized spacial score (nSPS) is 10.5. The van der Waals surface area contributed by atoms with E-state index in [0.29, 0.717) is 10.8 Å². The second kappa shape index (κ2) is 3.67. The van der Waals surface area contributed by atoms with Crippen molar-refractivity contribution in [1.29, 1.82) is 0 Å². The molecule has 6 heteroatoms. The quantitative estimate of drug-likeness (QED) is 0.801. The summed E-state index contributed by atoms with van der Waals surface area (Å²) in [5, 5.41) is 11.9. The highest BCUT2D eigenvalue weighted by Gasteiger charge is 2.07. The van der Waals surface area contributed by atoms with Crippen LogP contribution in [0.25, 0.3) is 11.4 Å². The van der Waals surface area contributed by atoms with Crippen molar-refractivity contribution in [3.63, 3.8) is 0 Å². The van der Waals surface area contributed by atoms with Crippen molar-refractivity contribution in [2.45, 2.75) is 0 Å². The highest BCUT2D eigenvalue weighted by atomic mass is 79.9. The van der Waals surface area contributed by atoms with Crippen LogP contribution in [0.1, 0.15) is 0 Å². The van der Waals surface area contributed by atoms with E-state index in [1.54, 1.807) is 17.8 Å². The third-order valence-electron chi connectivity index (χ3n) is 1.80. The lowest BCUT2D eigenvalue weighted by atomic mass is 10.2. The van der Waals surface area contributed by atoms with Gasteiger partial charge in [0.25, 0.3) is 0 Å². The molecule has 0 saturated carbocycles. The smallest absolute Gasteiger partial charge is 0.181 e. The molecule has 0 unspecified atom stereocenters. The van der Waals surface area contributed by atoms with E-state index in [1.165, 1.54) is 0 Å². The Labute approximate surface area is 94.0 Å². The molecule has 1 heterocycles. The van der Waals surface area contributed by atoms with Crippen LogP contribution < -0.4 is 0 Å². The molecule has 14 heavy (non-hydrogen) atoms. The van der Waals surface area contributed by atoms with Gasteiger partial charge in [0.2, 0.25) is 0 Å². The Balaban J connectivity index is 2.53. The Morgan fingerprint density at radius 1 is 1.43 bits per heavy atom. The zero-order valence-corrected chi connectivity index (χ0v) is 9.62. The molecular weight excluding hydrogens is 267 g/mol. The van der Waals surface area contributed by atoms with Crippen LogP contribution in [-0.4, -0.2) is 20.2 Å². The summed E-state index contributed by atoms with van der Waals surface area (Å²) in [4.78, 5) is 0. The summed E-state index contributed by atoms with van der Waals surface area (Å²) >= 11 is 9.22. The fourth-order valence-corrected chi connectivity index (χ4v) is 1.61. The van der Waals surface area contributed by atoms with E-state index in [0.717, 1.165) is 10.0 Å². The summed E-state index contributed by atoms with van der Waals surface area (Å²) in [6.45, 7) is 0. The second-order valence-corrected chi connectivity index (χ2v) is 4.02. The Morgan fingerprint density at radius 3 is 2.79 bits per heavy atom. The van der Waals surface area contributed by atoms with E-state index in [2.05, 4.69) is 31.5 Å². The van der Waals surface area contributed by atoms with Gasteiger partial charge in [0.05, 0.1) is 5.02 Å². The van der Waals surface area contributed by atoms with Gasteiger partial charge in [-0.05, 0) is 44.6 Å². The van der Waals surface area contributed by atoms with Crippen molar-refractivity contribution in [3.05, 3.63) is 27.7 Å². The molecule has 0 N–H and O–H groups in total. The fraction of sp³-hybridized carbons (Fsp3) is 0.125. The summed E-state index contributed by atoms with van der Waals surface area (Å²) in [6.07, 6.45) is 0. The molecule has 0 atom stereocenters. The number of hydrogen-bond donors (Lipinski definition) is 0. The second-order valence-electron chi connectivity index (χ2n) is 2.75. The first-order chi connectivity index (χ1) is 6.68. The maximum atomic E-state index is 5.88. The maximum absolute atomic E-state index is 5.88. The van der Waals surface area contributed by atoms with Crippen LogP contribution in [-0.2, 0) is 7.05 Å². The van der Waals surface area contributed by atoms with Crippen molar-refractivity contribution in [2.24, 2.45) is 7.05 Å². The topological polar surface area (TPSA) is 43.6 Å². The van der Waals surface area contributed by atoms with E-state index >= 15 is 0 Å². The Kier molecular flexibility index (Phi) is 2.52. The molecule has 0 amide bonds. The lowest BCUT2D eigenvalue weighted by molar-refractivity contribution is 0.714. The van der Waals surface area contributed by atoms with Gasteiger partial charge >= 0.3 is 0 Å². The number of aryl methyl sites for hydroxylation is 1. The summed E-state index contributed by atoms with van der Waals surface area (Å²) in [6, 6.07) is 5.56. The molecule has 72 valence electrons. The van der Waals surface area contributed by atoms with E-state index in [-0.39, 0.29) is 0 Å². The molecular formula is C8H6BrClN4. The van der Waals surface area contributed by atoms with Crippen molar-refractivity contribution in [3.8, 4) is 11.4 Å². The number of hydrogen-bond acceptors (Lipinski definition) is 3. The minimum atomic E-state index is 0.670. The van der Waals surface area contributed by atoms with Gasteiger partial charge in [-0.25, -0.2) is 4.68 Å². The predicted molar refractivity (Wildman–Crippen MR) is 56.9 cm³/mol. The van der Waals surface area contributed by atoms with Crippen LogP contribution in [0.2, 0.25) is 5.02 Å². The number of halogens is 2. The lowest BCUT2D eigenvalue weighted by Crippen LogP contribution is -1.94. The van der Waals surface area contributed by atoms with Crippen LogP contribution in [0.15, 0.2) is 22.7 Å². The zero-order chi connectivity index (χ0) is 10.1. The summed E-state index contributed by atoms with van der Waals surface area (Å²) in [5.41, 5.74) is 0.925. The predicted octanol–water partition coefficient (Wildman–Crippen LogP) is 2.29. The molecule has 0 saturated heterocycles. The standard InChI is InChI=1S/C8H6BrClN4/c1-14-8(11-12-13-14)5-2-3-7(10)6(9)4-5/h2-4H,1H3. The molecule has 1 aromatic carbocycles. The zero-order valence-electron chi connectivity index (χ0n) is 7.28. The van der Waals surface area contributed by atoms with Crippen LogP contribution in [0.5, 0.6) is 0 Å². The minimum Gasteiger partial charge on any atom is -0.229 e. The van der Waals surface area contributed by atoms with Gasteiger partial charge in [-0.1, -0.05) is 11.6 Å². The minimum absolute atomic E-state index is 0.670. The average Bonchev–Trinajstić information content (AvgIpc) is 2.57. The number of tetrazole rings is 1. The van der Waals surface area contributed by atoms with Gasteiger partial charge in [-0.2, -0.15) is 0 Å². The molecule has 2 aromatic rings. The van der Waals surface area contributed by atoms with Gasteiger partial charge in [0, 0.05) is 17.1 Å². The summed E-state index contributed by atoms with van der Waals surface area (Å²) in [7, 11) is 1.79.